The Labute approximate surface area is 489 Å². The lowest BCUT2D eigenvalue weighted by Gasteiger charge is -2.45. The van der Waals surface area contributed by atoms with E-state index in [1.807, 2.05) is 87.9 Å². The molecule has 2 saturated carbocycles. The fraction of sp³-hybridized carbons (Fsp3) is 0.540. The molecule has 0 radical (unpaired) electrons. The van der Waals surface area contributed by atoms with E-state index < -0.39 is 18.1 Å². The third kappa shape index (κ3) is 11.1. The summed E-state index contributed by atoms with van der Waals surface area (Å²) in [6, 6.07) is 22.9. The van der Waals surface area contributed by atoms with Gasteiger partial charge in [0.2, 0.25) is 17.7 Å². The first kappa shape index (κ1) is 55.3. The van der Waals surface area contributed by atoms with E-state index in [0.717, 1.165) is 130 Å². The molecule has 13 rings (SSSR count). The Hall–Kier alpha value is -6.87. The monoisotopic (exact) mass is 1150 g/mol. The summed E-state index contributed by atoms with van der Waals surface area (Å²) in [6.45, 7) is 13.5. The van der Waals surface area contributed by atoms with Gasteiger partial charge in [-0.15, -0.1) is 21.5 Å². The number of ether oxygens (including phenoxy) is 2. The molecule has 9 heterocycles. The molecule has 5 aliphatic heterocycles. The van der Waals surface area contributed by atoms with Gasteiger partial charge in [-0.2, -0.15) is 0 Å². The number of β-amino-alcohol motifs (C(OH)–C–C–N with tert-alkyl or cyclic N) is 1. The maximum atomic E-state index is 14.5. The molecule has 6 atom stereocenters. The van der Waals surface area contributed by atoms with E-state index in [4.69, 9.17) is 19.7 Å². The lowest BCUT2D eigenvalue weighted by atomic mass is 9.85. The maximum Gasteiger partial charge on any atom is 0.243 e. The van der Waals surface area contributed by atoms with Crippen molar-refractivity contribution in [3.8, 4) is 33.3 Å². The number of rotatable bonds is 17. The number of hydrogen-bond acceptors (Lipinski definition) is 18. The first-order chi connectivity index (χ1) is 40.2. The third-order valence-corrected chi connectivity index (χ3v) is 20.3. The number of aromatic nitrogens is 5. The van der Waals surface area contributed by atoms with Crippen LogP contribution >= 0.6 is 11.3 Å². The largest absolute Gasteiger partial charge is 0.507 e. The number of anilines is 4. The quantitative estimate of drug-likeness (QED) is 0.0671. The molecule has 19 nitrogen and oxygen atoms in total. The molecule has 20 heteroatoms. The van der Waals surface area contributed by atoms with Crippen molar-refractivity contribution >= 4 is 46.2 Å². The van der Waals surface area contributed by atoms with Gasteiger partial charge in [-0.05, 0) is 112 Å². The summed E-state index contributed by atoms with van der Waals surface area (Å²) in [5, 5.41) is 37.6. The number of aromatic hydroxyl groups is 1. The first-order valence-electron chi connectivity index (χ1n) is 30.2. The highest BCUT2D eigenvalue weighted by Crippen LogP contribution is 2.53. The number of amides is 2. The van der Waals surface area contributed by atoms with Crippen molar-refractivity contribution < 1.29 is 33.8 Å². The number of carbonyl (C=O) groups is 2. The van der Waals surface area contributed by atoms with Gasteiger partial charge in [-0.1, -0.05) is 55.4 Å². The van der Waals surface area contributed by atoms with Crippen molar-refractivity contribution in [3.05, 3.63) is 102 Å². The fourth-order valence-electron chi connectivity index (χ4n) is 14.7. The number of nitrogens with one attached hydrogen (secondary N) is 1. The van der Waals surface area contributed by atoms with Gasteiger partial charge in [0.15, 0.2) is 17.4 Å². The van der Waals surface area contributed by atoms with Crippen LogP contribution < -0.4 is 30.5 Å². The highest BCUT2D eigenvalue weighted by Gasteiger charge is 2.55. The van der Waals surface area contributed by atoms with Crippen LogP contribution in [-0.4, -0.2) is 151 Å². The van der Waals surface area contributed by atoms with E-state index >= 15 is 0 Å². The Balaban J connectivity index is 0.552. The van der Waals surface area contributed by atoms with Gasteiger partial charge in [0, 0.05) is 112 Å². The molecule has 5 N–H and O–H groups in total. The highest BCUT2D eigenvalue weighted by molar-refractivity contribution is 7.13. The lowest BCUT2D eigenvalue weighted by Crippen LogP contribution is -2.54. The Morgan fingerprint density at radius 3 is 2.28 bits per heavy atom. The van der Waals surface area contributed by atoms with Crippen LogP contribution in [0.4, 0.5) is 23.0 Å². The zero-order chi connectivity index (χ0) is 57.1. The molecule has 0 spiro atoms. The highest BCUT2D eigenvalue weighted by atomic mass is 32.1. The summed E-state index contributed by atoms with van der Waals surface area (Å²) in [4.78, 5) is 50.0. The standard InChI is InChI=1S/C63H78N12O7S/c1-37(2)58(62(79)74-35-46(76)28-53(74)61(78)67-38(3)40-9-11-41(12-10-40)59-39(4)66-36-83-59)55-32-56(70-82-55)71-23-16-42(17-24-71)63(20-21-63)73-25-18-47(19-26-73)80-48-29-49(30-48)81-57-27-43(15-22-65-57)75-44-13-14-45(75)34-72(33-44)52-31-51(68-69-60(52)64)50-7-5-6-8-54(50)77/h5-12,15,22,27,31-32,36-38,42,44-49,53,58,76-77H,13-14,16-21,23-26,28-30,33-35H2,1-4H3,(H2,64,69)(H,67,78)/t38-,44+,45?,46+,48?,49?,53-,58+/m0/s1. The predicted octanol–water partition coefficient (Wildman–Crippen LogP) is 8.52. The molecule has 438 valence electrons. The molecular weight excluding hydrogens is 1070 g/mol. The predicted molar refractivity (Wildman–Crippen MR) is 318 cm³/mol. The average Bonchev–Trinajstić information content (AvgIpc) is 2.45. The van der Waals surface area contributed by atoms with Crippen LogP contribution in [0, 0.1) is 18.8 Å². The molecule has 2 amide bonds. The van der Waals surface area contributed by atoms with E-state index in [9.17, 15) is 19.8 Å². The number of aliphatic hydroxyl groups excluding tert-OH is 1. The Kier molecular flexibility index (Phi) is 15.3. The van der Waals surface area contributed by atoms with E-state index in [0.29, 0.717) is 46.7 Å². The summed E-state index contributed by atoms with van der Waals surface area (Å²) in [6.07, 6.45) is 12.4. The number of nitrogens with two attached hydrogens (primary N) is 1. The van der Waals surface area contributed by atoms with Gasteiger partial charge in [0.25, 0.3) is 0 Å². The Morgan fingerprint density at radius 1 is 0.831 bits per heavy atom. The summed E-state index contributed by atoms with van der Waals surface area (Å²) in [7, 11) is 0. The molecule has 6 aromatic rings. The summed E-state index contributed by atoms with van der Waals surface area (Å²) in [5.74, 6) is 1.78. The number of para-hydroxylation sites is 1. The van der Waals surface area contributed by atoms with Crippen LogP contribution in [0.2, 0.25) is 0 Å². The van der Waals surface area contributed by atoms with Crippen LogP contribution in [0.5, 0.6) is 11.6 Å². The fourth-order valence-corrected chi connectivity index (χ4v) is 15.5. The second kappa shape index (κ2) is 22.9. The van der Waals surface area contributed by atoms with Gasteiger partial charge >= 0.3 is 0 Å². The molecule has 2 bridgehead atoms. The molecule has 5 saturated heterocycles. The number of thiazole rings is 1. The number of aliphatic hydroxyl groups is 1. The van der Waals surface area contributed by atoms with Crippen LogP contribution in [0.1, 0.15) is 120 Å². The van der Waals surface area contributed by atoms with Gasteiger partial charge in [0.05, 0.1) is 51.8 Å². The molecule has 83 heavy (non-hydrogen) atoms. The molecule has 4 aromatic heterocycles. The van der Waals surface area contributed by atoms with Gasteiger partial charge < -0.3 is 54.9 Å². The zero-order valence-electron chi connectivity index (χ0n) is 48.1. The van der Waals surface area contributed by atoms with E-state index in [1.165, 1.54) is 12.8 Å². The van der Waals surface area contributed by atoms with Crippen molar-refractivity contribution in [2.45, 2.75) is 158 Å². The SMILES string of the molecule is Cc1ncsc1-c1ccc([C@H](C)NC(=O)[C@@H]2C[C@@H](O)CN2C(=O)[C@@H](c2cc(N3CCC(C4(N5CCC(OC6CC(Oc7cc(N8C9CC[C@@H]8CN(c8cc(-c%10ccccc%10O)nnc8N)C9)ccn7)C6)CC5)CC4)CC3)no2)C(C)C)cc1. The molecule has 1 unspecified atom stereocenters. The number of benzene rings is 2. The lowest BCUT2D eigenvalue weighted by molar-refractivity contribution is -0.141. The Morgan fingerprint density at radius 2 is 1.58 bits per heavy atom. The number of piperazine rings is 1. The Bertz CT molecular complexity index is 3260. The molecule has 2 aliphatic carbocycles. The molecular formula is C63H78N12O7S. The number of likely N-dealkylation sites (tertiary alicyclic amines) is 2. The number of nitrogen functional groups attached to an aromatic ring is 1. The number of carbonyl (C=O) groups excluding carboxylic acids is 2. The van der Waals surface area contributed by atoms with Crippen molar-refractivity contribution in [2.24, 2.45) is 11.8 Å². The molecule has 2 aromatic carbocycles. The number of phenolic OH excluding ortho intramolecular Hbond substituents is 1. The average molecular weight is 1150 g/mol. The first-order valence-corrected chi connectivity index (χ1v) is 31.1. The van der Waals surface area contributed by atoms with E-state index in [-0.39, 0.29) is 66.3 Å². The third-order valence-electron chi connectivity index (χ3n) is 19.4. The normalized spacial score (nSPS) is 25.4. The summed E-state index contributed by atoms with van der Waals surface area (Å²) in [5.41, 5.74) is 14.8. The number of piperidine rings is 2. The second-order valence-corrected chi connectivity index (χ2v) is 25.8. The maximum absolute atomic E-state index is 14.5. The van der Waals surface area contributed by atoms with Crippen molar-refractivity contribution in [2.75, 3.05) is 66.2 Å². The topological polar surface area (TPSA) is 225 Å². The second-order valence-electron chi connectivity index (χ2n) is 24.9. The number of aryl methyl sites for hydroxylation is 1. The van der Waals surface area contributed by atoms with Gasteiger partial charge in [-0.3, -0.25) is 14.5 Å². The number of nitrogens with zero attached hydrogens (tertiary/aromatic N) is 10. The minimum atomic E-state index is -0.803. The molecule has 7 aliphatic rings. The molecule has 7 fully saturated rings. The number of hydrogen-bond donors (Lipinski definition) is 4. The van der Waals surface area contributed by atoms with Crippen LogP contribution in [0.25, 0.3) is 21.7 Å². The summed E-state index contributed by atoms with van der Waals surface area (Å²) >= 11 is 1.60. The smallest absolute Gasteiger partial charge is 0.243 e. The van der Waals surface area contributed by atoms with Gasteiger partial charge in [0.1, 0.15) is 23.8 Å². The van der Waals surface area contributed by atoms with Crippen LogP contribution in [-0.2, 0) is 14.3 Å². The minimum Gasteiger partial charge on any atom is -0.507 e. The van der Waals surface area contributed by atoms with Crippen molar-refractivity contribution in [3.63, 3.8) is 0 Å². The van der Waals surface area contributed by atoms with Crippen LogP contribution in [0.3, 0.4) is 0 Å². The zero-order valence-corrected chi connectivity index (χ0v) is 48.9. The number of phenols is 1. The number of fused-ring (bicyclic) bond motifs is 2. The number of pyridine rings is 1. The van der Waals surface area contributed by atoms with Crippen LogP contribution in [0.15, 0.2) is 89.0 Å². The van der Waals surface area contributed by atoms with E-state index in [1.54, 1.807) is 28.4 Å². The van der Waals surface area contributed by atoms with Gasteiger partial charge in [-0.25, -0.2) is 9.97 Å². The van der Waals surface area contributed by atoms with Crippen molar-refractivity contribution in [1.82, 2.24) is 40.4 Å². The van der Waals surface area contributed by atoms with E-state index in [2.05, 4.69) is 62.4 Å². The minimum absolute atomic E-state index is 0.0859. The van der Waals surface area contributed by atoms with Crippen molar-refractivity contribution in [1.29, 1.82) is 0 Å². The summed E-state index contributed by atoms with van der Waals surface area (Å²) < 4.78 is 19.2.